The van der Waals surface area contributed by atoms with Gasteiger partial charge in [-0.25, -0.2) is 4.57 Å². The number of aliphatic hydroxyl groups is 2. The first kappa shape index (κ1) is 56.2. The largest absolute Gasteiger partial charge is 0.472 e. The van der Waals surface area contributed by atoms with Gasteiger partial charge in [-0.15, -0.1) is 0 Å². The summed E-state index contributed by atoms with van der Waals surface area (Å²) in [7, 11) is -4.53. The summed E-state index contributed by atoms with van der Waals surface area (Å²) in [5.41, 5.74) is 0. The standard InChI is InChI=1S/C48H87O9P/c1-3-5-7-9-11-13-15-17-19-21-22-23-24-25-26-28-30-32-34-36-38-40-48(51)57-47(45-56-58(52,53)55-43-46(50)42-49)44-54-41-39-37-35-33-31-29-27-20-18-16-14-12-10-8-6-4-2/h6,8,12,14,18,20-22,29,31,46-47,49-50H,3-5,7,9-11,13,15-17,19,23-28,30,32-45H2,1-2H3,(H,52,53)/b8-6-,14-12-,20-18-,22-21-,31-29-. The Labute approximate surface area is 355 Å². The maximum absolute atomic E-state index is 12.6. The van der Waals surface area contributed by atoms with Crippen LogP contribution in [0, 0.1) is 0 Å². The van der Waals surface area contributed by atoms with Gasteiger partial charge in [0.1, 0.15) is 12.2 Å². The molecule has 3 N–H and O–H groups in total. The Kier molecular flexibility index (Phi) is 43.3. The fourth-order valence-electron chi connectivity index (χ4n) is 6.16. The van der Waals surface area contributed by atoms with E-state index in [2.05, 4.69) is 74.6 Å². The van der Waals surface area contributed by atoms with Crippen molar-refractivity contribution in [1.82, 2.24) is 0 Å². The molecule has 0 saturated heterocycles. The van der Waals surface area contributed by atoms with Gasteiger partial charge in [0.2, 0.25) is 0 Å². The topological polar surface area (TPSA) is 132 Å². The molecular weight excluding hydrogens is 751 g/mol. The zero-order valence-corrected chi connectivity index (χ0v) is 37.9. The summed E-state index contributed by atoms with van der Waals surface area (Å²) in [4.78, 5) is 22.6. The van der Waals surface area contributed by atoms with E-state index in [0.29, 0.717) is 6.61 Å². The summed E-state index contributed by atoms with van der Waals surface area (Å²) in [5.74, 6) is -0.397. The number of aliphatic hydroxyl groups excluding tert-OH is 2. The first-order chi connectivity index (χ1) is 28.3. The van der Waals surface area contributed by atoms with Crippen molar-refractivity contribution in [1.29, 1.82) is 0 Å². The molecule has 0 bridgehead atoms. The lowest BCUT2D eigenvalue weighted by Crippen LogP contribution is -2.29. The molecule has 0 aromatic carbocycles. The molecule has 0 aliphatic heterocycles. The lowest BCUT2D eigenvalue weighted by Gasteiger charge is -2.20. The highest BCUT2D eigenvalue weighted by molar-refractivity contribution is 7.47. The highest BCUT2D eigenvalue weighted by Crippen LogP contribution is 2.43. The van der Waals surface area contributed by atoms with E-state index in [0.717, 1.165) is 77.0 Å². The van der Waals surface area contributed by atoms with Crippen LogP contribution < -0.4 is 0 Å². The molecule has 0 rings (SSSR count). The summed E-state index contributed by atoms with van der Waals surface area (Å²) < 4.78 is 33.4. The van der Waals surface area contributed by atoms with Gasteiger partial charge in [-0.2, -0.15) is 0 Å². The molecular formula is C48H87O9P. The number of unbranched alkanes of at least 4 members (excludes halogenated alkanes) is 20. The van der Waals surface area contributed by atoms with Gasteiger partial charge in [0.25, 0.3) is 0 Å². The Hall–Kier alpha value is -1.84. The van der Waals surface area contributed by atoms with E-state index in [1.165, 1.54) is 96.3 Å². The van der Waals surface area contributed by atoms with Crippen LogP contribution in [0.4, 0.5) is 0 Å². The predicted octanol–water partition coefficient (Wildman–Crippen LogP) is 13.1. The first-order valence-electron chi connectivity index (χ1n) is 23.3. The number of hydrogen-bond acceptors (Lipinski definition) is 8. The van der Waals surface area contributed by atoms with Gasteiger partial charge in [-0.05, 0) is 77.0 Å². The highest BCUT2D eigenvalue weighted by Gasteiger charge is 2.26. The predicted molar refractivity (Wildman–Crippen MR) is 242 cm³/mol. The van der Waals surface area contributed by atoms with Gasteiger partial charge >= 0.3 is 13.8 Å². The molecule has 0 aromatic heterocycles. The van der Waals surface area contributed by atoms with Crippen LogP contribution in [0.3, 0.4) is 0 Å². The van der Waals surface area contributed by atoms with Crippen LogP contribution >= 0.6 is 7.82 Å². The Morgan fingerprint density at radius 3 is 1.50 bits per heavy atom. The molecule has 0 aliphatic rings. The van der Waals surface area contributed by atoms with Gasteiger partial charge in [0, 0.05) is 13.0 Å². The quantitative estimate of drug-likeness (QED) is 0.0237. The molecule has 3 unspecified atom stereocenters. The minimum atomic E-state index is -4.53. The van der Waals surface area contributed by atoms with Gasteiger partial charge in [-0.1, -0.05) is 171 Å². The SMILES string of the molecule is CC/C=C\C/C=C\C/C=C\C/C=C\CCCCCOCC(COP(=O)(O)OCC(O)CO)OC(=O)CCCCCCCCCCC/C=C\CCCCCCCCCC. The van der Waals surface area contributed by atoms with Crippen LogP contribution in [-0.2, 0) is 27.9 Å². The Morgan fingerprint density at radius 2 is 0.983 bits per heavy atom. The van der Waals surface area contributed by atoms with Crippen molar-refractivity contribution in [3.8, 4) is 0 Å². The first-order valence-corrected chi connectivity index (χ1v) is 24.8. The number of esters is 1. The van der Waals surface area contributed by atoms with E-state index in [4.69, 9.17) is 23.6 Å². The zero-order chi connectivity index (χ0) is 42.5. The van der Waals surface area contributed by atoms with Gasteiger partial charge in [-0.3, -0.25) is 13.8 Å². The number of phosphoric ester groups is 1. The van der Waals surface area contributed by atoms with Crippen LogP contribution in [0.1, 0.15) is 194 Å². The molecule has 9 nitrogen and oxygen atoms in total. The van der Waals surface area contributed by atoms with Gasteiger partial charge < -0.3 is 24.6 Å². The fraction of sp³-hybridized carbons (Fsp3) is 0.771. The molecule has 0 aliphatic carbocycles. The van der Waals surface area contributed by atoms with Crippen molar-refractivity contribution in [3.63, 3.8) is 0 Å². The van der Waals surface area contributed by atoms with Crippen molar-refractivity contribution < 1.29 is 43.0 Å². The molecule has 0 spiro atoms. The maximum atomic E-state index is 12.6. The molecule has 338 valence electrons. The number of ether oxygens (including phenoxy) is 2. The molecule has 0 fully saturated rings. The summed E-state index contributed by atoms with van der Waals surface area (Å²) in [6.45, 7) is 3.33. The minimum Gasteiger partial charge on any atom is -0.457 e. The van der Waals surface area contributed by atoms with Crippen LogP contribution in [0.2, 0.25) is 0 Å². The second-order valence-corrected chi connectivity index (χ2v) is 16.8. The molecule has 0 saturated carbocycles. The molecule has 0 radical (unpaired) electrons. The van der Waals surface area contributed by atoms with Crippen molar-refractivity contribution >= 4 is 13.8 Å². The van der Waals surface area contributed by atoms with E-state index in [1.54, 1.807) is 0 Å². The van der Waals surface area contributed by atoms with Crippen LogP contribution in [0.5, 0.6) is 0 Å². The van der Waals surface area contributed by atoms with Crippen LogP contribution in [-0.4, -0.2) is 66.3 Å². The van der Waals surface area contributed by atoms with Gasteiger partial charge in [0.05, 0.1) is 26.4 Å². The molecule has 0 heterocycles. The lowest BCUT2D eigenvalue weighted by molar-refractivity contribution is -0.154. The third-order valence-corrected chi connectivity index (χ3v) is 10.6. The smallest absolute Gasteiger partial charge is 0.457 e. The van der Waals surface area contributed by atoms with Crippen molar-refractivity contribution in [2.45, 2.75) is 206 Å². The molecule has 3 atom stereocenters. The van der Waals surface area contributed by atoms with E-state index >= 15 is 0 Å². The van der Waals surface area contributed by atoms with Crippen molar-refractivity contribution in [2.24, 2.45) is 0 Å². The molecule has 0 aromatic rings. The Bertz CT molecular complexity index is 1090. The highest BCUT2D eigenvalue weighted by atomic mass is 31.2. The summed E-state index contributed by atoms with van der Waals surface area (Å²) in [6.07, 6.45) is 51.9. The monoisotopic (exact) mass is 839 g/mol. The second kappa shape index (κ2) is 44.7. The van der Waals surface area contributed by atoms with E-state index in [-0.39, 0.29) is 13.0 Å². The third kappa shape index (κ3) is 43.7. The van der Waals surface area contributed by atoms with E-state index in [9.17, 15) is 19.4 Å². The summed E-state index contributed by atoms with van der Waals surface area (Å²) >= 11 is 0. The summed E-state index contributed by atoms with van der Waals surface area (Å²) in [6, 6.07) is 0. The number of carbonyl (C=O) groups excluding carboxylic acids is 1. The van der Waals surface area contributed by atoms with E-state index < -0.39 is 45.8 Å². The number of phosphoric acid groups is 1. The maximum Gasteiger partial charge on any atom is 0.472 e. The zero-order valence-electron chi connectivity index (χ0n) is 37.0. The van der Waals surface area contributed by atoms with Crippen molar-refractivity contribution in [2.75, 3.05) is 33.0 Å². The van der Waals surface area contributed by atoms with E-state index in [1.807, 2.05) is 0 Å². The Balaban J connectivity index is 4.17. The summed E-state index contributed by atoms with van der Waals surface area (Å²) in [5, 5.41) is 18.4. The fourth-order valence-corrected chi connectivity index (χ4v) is 6.95. The molecule has 0 amide bonds. The van der Waals surface area contributed by atoms with Gasteiger partial charge in [0.15, 0.2) is 0 Å². The lowest BCUT2D eigenvalue weighted by atomic mass is 10.1. The minimum absolute atomic E-state index is 0.0253. The number of allylic oxidation sites excluding steroid dienone is 10. The number of carbonyl (C=O) groups is 1. The van der Waals surface area contributed by atoms with Crippen LogP contribution in [0.15, 0.2) is 60.8 Å². The molecule has 58 heavy (non-hydrogen) atoms. The molecule has 10 heteroatoms. The number of hydrogen-bond donors (Lipinski definition) is 3. The van der Waals surface area contributed by atoms with Crippen LogP contribution in [0.25, 0.3) is 0 Å². The third-order valence-electron chi connectivity index (χ3n) is 9.69. The second-order valence-electron chi connectivity index (χ2n) is 15.4. The average molecular weight is 839 g/mol. The normalized spacial score (nSPS) is 14.5. The average Bonchev–Trinajstić information content (AvgIpc) is 3.21. The number of rotatable bonds is 44. The van der Waals surface area contributed by atoms with Crippen molar-refractivity contribution in [3.05, 3.63) is 60.8 Å². The Morgan fingerprint density at radius 1 is 0.552 bits per heavy atom.